The summed E-state index contributed by atoms with van der Waals surface area (Å²) in [6, 6.07) is 19.9. The SMILES string of the molecule is Cc1ccc(S(=O)(=O)NN=Cc2ccccc2-c2ccc(F)cc2)cc1.[Na]. The quantitative estimate of drug-likeness (QED) is 0.409. The van der Waals surface area contributed by atoms with Gasteiger partial charge in [0.1, 0.15) is 5.82 Å². The van der Waals surface area contributed by atoms with Gasteiger partial charge in [-0.25, -0.2) is 9.22 Å². The molecule has 27 heavy (non-hydrogen) atoms. The number of rotatable bonds is 5. The van der Waals surface area contributed by atoms with E-state index in [-0.39, 0.29) is 40.3 Å². The first-order chi connectivity index (χ1) is 12.5. The smallest absolute Gasteiger partial charge is 0.207 e. The maximum absolute atomic E-state index is 13.1. The van der Waals surface area contributed by atoms with Crippen LogP contribution in [0.15, 0.2) is 82.8 Å². The van der Waals surface area contributed by atoms with Gasteiger partial charge in [0.15, 0.2) is 0 Å². The van der Waals surface area contributed by atoms with Crippen molar-refractivity contribution in [1.29, 1.82) is 0 Å². The molecule has 1 N–H and O–H groups in total. The largest absolute Gasteiger partial charge is 0.276 e. The van der Waals surface area contributed by atoms with E-state index in [1.54, 1.807) is 24.3 Å². The Hall–Kier alpha value is -1.99. The van der Waals surface area contributed by atoms with E-state index in [0.29, 0.717) is 5.56 Å². The van der Waals surface area contributed by atoms with E-state index < -0.39 is 10.0 Å². The van der Waals surface area contributed by atoms with Gasteiger partial charge < -0.3 is 0 Å². The first-order valence-corrected chi connectivity index (χ1v) is 9.40. The molecule has 3 aromatic carbocycles. The molecule has 0 amide bonds. The summed E-state index contributed by atoms with van der Waals surface area (Å²) in [6.45, 7) is 1.88. The molecule has 0 spiro atoms. The summed E-state index contributed by atoms with van der Waals surface area (Å²) >= 11 is 0. The summed E-state index contributed by atoms with van der Waals surface area (Å²) in [5, 5.41) is 3.88. The van der Waals surface area contributed by atoms with Crippen molar-refractivity contribution in [2.45, 2.75) is 11.8 Å². The average Bonchev–Trinajstić information content (AvgIpc) is 2.63. The minimum absolute atomic E-state index is 0. The average molecular weight is 391 g/mol. The molecule has 0 aromatic heterocycles. The molecule has 0 heterocycles. The molecule has 0 aliphatic rings. The Morgan fingerprint density at radius 2 is 1.56 bits per heavy atom. The van der Waals surface area contributed by atoms with Crippen LogP contribution in [0, 0.1) is 12.7 Å². The van der Waals surface area contributed by atoms with Crippen LogP contribution < -0.4 is 4.83 Å². The standard InChI is InChI=1S/C20H17FN2O2S.Na/c1-15-6-12-19(13-7-15)26(24,25)23-22-14-17-4-2-3-5-20(17)16-8-10-18(21)11-9-16;/h2-14,23H,1H3;. The Balaban J connectivity index is 0.00000261. The number of benzene rings is 3. The Bertz CT molecular complexity index is 1030. The number of aryl methyl sites for hydroxylation is 1. The monoisotopic (exact) mass is 391 g/mol. The van der Waals surface area contributed by atoms with E-state index in [4.69, 9.17) is 0 Å². The van der Waals surface area contributed by atoms with Gasteiger partial charge >= 0.3 is 0 Å². The summed E-state index contributed by atoms with van der Waals surface area (Å²) in [6.07, 6.45) is 1.43. The third kappa shape index (κ3) is 5.49. The second-order valence-corrected chi connectivity index (χ2v) is 7.42. The second-order valence-electron chi connectivity index (χ2n) is 5.76. The Morgan fingerprint density at radius 1 is 0.926 bits per heavy atom. The van der Waals surface area contributed by atoms with E-state index in [0.717, 1.165) is 16.7 Å². The fourth-order valence-electron chi connectivity index (χ4n) is 2.44. The van der Waals surface area contributed by atoms with Gasteiger partial charge in [-0.3, -0.25) is 0 Å². The number of nitrogens with one attached hydrogen (secondary N) is 1. The van der Waals surface area contributed by atoms with Gasteiger partial charge in [-0.15, -0.1) is 0 Å². The van der Waals surface area contributed by atoms with Crippen LogP contribution in [0.1, 0.15) is 11.1 Å². The van der Waals surface area contributed by atoms with Crippen molar-refractivity contribution in [1.82, 2.24) is 4.83 Å². The molecular formula is C20H17FN2NaO2S. The first-order valence-electron chi connectivity index (χ1n) is 7.92. The molecule has 1 radical (unpaired) electrons. The van der Waals surface area contributed by atoms with Crippen LogP contribution in [0.5, 0.6) is 0 Å². The van der Waals surface area contributed by atoms with E-state index in [9.17, 15) is 12.8 Å². The van der Waals surface area contributed by atoms with Gasteiger partial charge in [0.05, 0.1) is 11.1 Å². The van der Waals surface area contributed by atoms with E-state index >= 15 is 0 Å². The van der Waals surface area contributed by atoms with Crippen LogP contribution in [0.4, 0.5) is 4.39 Å². The molecule has 0 aliphatic heterocycles. The Morgan fingerprint density at radius 3 is 2.22 bits per heavy atom. The van der Waals surface area contributed by atoms with Crippen LogP contribution in [0.2, 0.25) is 0 Å². The molecular weight excluding hydrogens is 374 g/mol. The van der Waals surface area contributed by atoms with Gasteiger partial charge in [0.2, 0.25) is 0 Å². The number of hydrogen-bond donors (Lipinski definition) is 1. The molecule has 3 aromatic rings. The number of sulfonamides is 1. The van der Waals surface area contributed by atoms with E-state index in [1.807, 2.05) is 31.2 Å². The van der Waals surface area contributed by atoms with Crippen molar-refractivity contribution in [3.05, 3.63) is 89.7 Å². The maximum atomic E-state index is 13.1. The van der Waals surface area contributed by atoms with Crippen LogP contribution in [0.25, 0.3) is 11.1 Å². The Labute approximate surface area is 180 Å². The van der Waals surface area contributed by atoms with Crippen molar-refractivity contribution < 1.29 is 12.8 Å². The summed E-state index contributed by atoms with van der Waals surface area (Å²) in [4.78, 5) is 2.36. The Kier molecular flexibility index (Phi) is 7.33. The molecule has 4 nitrogen and oxygen atoms in total. The molecule has 7 heteroatoms. The summed E-state index contributed by atoms with van der Waals surface area (Å²) in [7, 11) is -3.73. The molecule has 0 aliphatic carbocycles. The van der Waals surface area contributed by atoms with Crippen molar-refractivity contribution >= 4 is 45.8 Å². The molecule has 0 unspecified atom stereocenters. The van der Waals surface area contributed by atoms with Gasteiger partial charge in [0.25, 0.3) is 10.0 Å². The normalized spacial score (nSPS) is 11.2. The van der Waals surface area contributed by atoms with E-state index in [1.165, 1.54) is 30.5 Å². The number of nitrogens with zero attached hydrogens (tertiary/aromatic N) is 1. The fraction of sp³-hybridized carbons (Fsp3) is 0.0500. The van der Waals surface area contributed by atoms with Crippen LogP contribution in [-0.2, 0) is 10.0 Å². The molecule has 3 rings (SSSR count). The molecule has 0 atom stereocenters. The van der Waals surface area contributed by atoms with Crippen molar-refractivity contribution in [2.75, 3.05) is 0 Å². The van der Waals surface area contributed by atoms with Crippen molar-refractivity contribution in [3.63, 3.8) is 0 Å². The molecule has 0 saturated carbocycles. The van der Waals surface area contributed by atoms with Gasteiger partial charge in [-0.05, 0) is 42.3 Å². The topological polar surface area (TPSA) is 58.5 Å². The molecule has 0 saturated heterocycles. The molecule has 133 valence electrons. The van der Waals surface area contributed by atoms with Crippen LogP contribution >= 0.6 is 0 Å². The maximum Gasteiger partial charge on any atom is 0.276 e. The van der Waals surface area contributed by atoms with Gasteiger partial charge in [-0.2, -0.15) is 13.5 Å². The van der Waals surface area contributed by atoms with Gasteiger partial charge in [-0.1, -0.05) is 54.1 Å². The van der Waals surface area contributed by atoms with Crippen molar-refractivity contribution in [3.8, 4) is 11.1 Å². The fourth-order valence-corrected chi connectivity index (χ4v) is 3.23. The second kappa shape index (κ2) is 9.28. The van der Waals surface area contributed by atoms with E-state index in [2.05, 4.69) is 9.93 Å². The summed E-state index contributed by atoms with van der Waals surface area (Å²) < 4.78 is 37.6. The first kappa shape index (κ1) is 21.3. The zero-order chi connectivity index (χ0) is 18.6. The number of hydrogen-bond acceptors (Lipinski definition) is 3. The zero-order valence-electron chi connectivity index (χ0n) is 15.1. The summed E-state index contributed by atoms with van der Waals surface area (Å²) in [5.74, 6) is -0.314. The number of halogens is 1. The predicted molar refractivity (Wildman–Crippen MR) is 107 cm³/mol. The number of hydrazone groups is 1. The van der Waals surface area contributed by atoms with Gasteiger partial charge in [0, 0.05) is 35.1 Å². The van der Waals surface area contributed by atoms with Crippen LogP contribution in [-0.4, -0.2) is 44.2 Å². The van der Waals surface area contributed by atoms with Crippen LogP contribution in [0.3, 0.4) is 0 Å². The summed E-state index contributed by atoms with van der Waals surface area (Å²) in [5.41, 5.74) is 3.33. The van der Waals surface area contributed by atoms with Crippen molar-refractivity contribution in [2.24, 2.45) is 5.10 Å². The zero-order valence-corrected chi connectivity index (χ0v) is 17.9. The minimum Gasteiger partial charge on any atom is -0.207 e. The third-order valence-electron chi connectivity index (χ3n) is 3.82. The predicted octanol–water partition coefficient (Wildman–Crippen LogP) is 3.73. The third-order valence-corrected chi connectivity index (χ3v) is 5.06. The minimum atomic E-state index is -3.73. The molecule has 0 fully saturated rings. The molecule has 0 bridgehead atoms.